The number of methoxy groups -OCH3 is 2. The molecule has 0 radical (unpaired) electrons. The summed E-state index contributed by atoms with van der Waals surface area (Å²) in [4.78, 5) is 59.6. The van der Waals surface area contributed by atoms with E-state index >= 15 is 0 Å². The van der Waals surface area contributed by atoms with Gasteiger partial charge in [0.25, 0.3) is 15.9 Å². The van der Waals surface area contributed by atoms with E-state index in [9.17, 15) is 27.6 Å². The monoisotopic (exact) mass is 897 g/mol. The summed E-state index contributed by atoms with van der Waals surface area (Å²) in [5.74, 6) is -1.29. The molecule has 0 spiro atoms. The number of esters is 1. The predicted octanol–water partition coefficient (Wildman–Crippen LogP) is 7.55. The van der Waals surface area contributed by atoms with Gasteiger partial charge in [-0.05, 0) is 64.3 Å². The smallest absolute Gasteiger partial charge is 0.411 e. The van der Waals surface area contributed by atoms with E-state index in [4.69, 9.17) is 19.2 Å². The van der Waals surface area contributed by atoms with Crippen LogP contribution in [0.15, 0.2) is 96.4 Å². The minimum Gasteiger partial charge on any atom is -0.497 e. The summed E-state index contributed by atoms with van der Waals surface area (Å²) < 4.78 is 52.5. The maximum absolute atomic E-state index is 14.4. The van der Waals surface area contributed by atoms with Crippen molar-refractivity contribution in [3.8, 4) is 22.8 Å². The van der Waals surface area contributed by atoms with Gasteiger partial charge in [0, 0.05) is 48.4 Å². The largest absolute Gasteiger partial charge is 0.497 e. The number of carbonyl (C=O) groups is 4. The Labute approximate surface area is 375 Å². The second kappa shape index (κ2) is 20.6. The van der Waals surface area contributed by atoms with Crippen LogP contribution in [-0.4, -0.2) is 92.8 Å². The number of nitrogens with zero attached hydrogens (tertiary/aromatic N) is 2. The number of rotatable bonds is 20. The molecular weight excluding hydrogens is 839 g/mol. The first kappa shape index (κ1) is 47.3. The van der Waals surface area contributed by atoms with E-state index in [1.54, 1.807) is 58.2 Å². The molecule has 1 aliphatic carbocycles. The molecule has 64 heavy (non-hydrogen) atoms. The standard InChI is InChI=1S/C48H59N5O10S/c1-7-33-30-48(33,45(56)52-64(58,59)42-22-17-16-21-37(42)49-26-18-11-9-8-10-15-23-43(54)61-6)51-44(55)40-28-35(31-53(40)46(57)63-47(2,3)4)62-41-29-38(32-19-13-12-14-20-32)50-39-27-34(60-5)24-25-36(39)41/h7,12-14,16-17,19-22,24-25,27,29,33,35,40,49H,1,8-11,15,18,23,26,28,30-31H2,2-6H3,(H,51,55)(H,52,56)/t33?,35-,40+,48?/m1/s1. The highest BCUT2D eigenvalue weighted by Gasteiger charge is 2.61. The van der Waals surface area contributed by atoms with Gasteiger partial charge in [-0.1, -0.05) is 74.2 Å². The number of aromatic nitrogens is 1. The second-order valence-corrected chi connectivity index (χ2v) is 18.8. The van der Waals surface area contributed by atoms with E-state index in [1.165, 1.54) is 24.2 Å². The molecule has 342 valence electrons. The predicted molar refractivity (Wildman–Crippen MR) is 243 cm³/mol. The van der Waals surface area contributed by atoms with E-state index in [0.29, 0.717) is 46.7 Å². The Kier molecular flexibility index (Phi) is 15.2. The summed E-state index contributed by atoms with van der Waals surface area (Å²) in [7, 11) is -1.47. The number of nitrogens with one attached hydrogen (secondary N) is 3. The van der Waals surface area contributed by atoms with Gasteiger partial charge in [0.05, 0.1) is 37.7 Å². The fraction of sp³-hybridized carbons (Fsp3) is 0.438. The van der Waals surface area contributed by atoms with Crippen LogP contribution in [0.3, 0.4) is 0 Å². The molecule has 4 aromatic rings. The second-order valence-electron chi connectivity index (χ2n) is 17.2. The van der Waals surface area contributed by atoms with Crippen LogP contribution < -0.4 is 24.8 Å². The van der Waals surface area contributed by atoms with Gasteiger partial charge in [-0.25, -0.2) is 22.9 Å². The van der Waals surface area contributed by atoms with Crippen molar-refractivity contribution in [1.29, 1.82) is 0 Å². The van der Waals surface area contributed by atoms with E-state index in [-0.39, 0.29) is 30.3 Å². The number of pyridine rings is 1. The first-order valence-electron chi connectivity index (χ1n) is 21.7. The fourth-order valence-electron chi connectivity index (χ4n) is 7.87. The Morgan fingerprint density at radius 3 is 2.31 bits per heavy atom. The number of hydrogen-bond acceptors (Lipinski definition) is 12. The maximum atomic E-state index is 14.4. The Balaban J connectivity index is 1.16. The average Bonchev–Trinajstić information content (AvgIpc) is 3.83. The molecule has 2 aliphatic rings. The number of amides is 3. The van der Waals surface area contributed by atoms with Crippen LogP contribution in [0.5, 0.6) is 11.5 Å². The molecule has 2 fully saturated rings. The zero-order valence-corrected chi connectivity index (χ0v) is 38.0. The third-order valence-corrected chi connectivity index (χ3v) is 12.7. The summed E-state index contributed by atoms with van der Waals surface area (Å²) in [5.41, 5.74) is -0.0769. The van der Waals surface area contributed by atoms with Crippen LogP contribution in [0.1, 0.15) is 78.6 Å². The maximum Gasteiger partial charge on any atom is 0.411 e. The Bertz CT molecular complexity index is 2440. The van der Waals surface area contributed by atoms with E-state index in [0.717, 1.165) is 44.1 Å². The molecule has 15 nitrogen and oxygen atoms in total. The summed E-state index contributed by atoms with van der Waals surface area (Å²) in [5, 5.41) is 6.71. The lowest BCUT2D eigenvalue weighted by molar-refractivity contribution is -0.140. The summed E-state index contributed by atoms with van der Waals surface area (Å²) >= 11 is 0. The number of ether oxygens (including phenoxy) is 4. The molecule has 1 saturated heterocycles. The zero-order chi connectivity index (χ0) is 46.1. The van der Waals surface area contributed by atoms with E-state index < -0.39 is 57.1 Å². The van der Waals surface area contributed by atoms with Crippen molar-refractivity contribution in [1.82, 2.24) is 19.9 Å². The molecule has 16 heteroatoms. The van der Waals surface area contributed by atoms with Crippen molar-refractivity contribution in [3.63, 3.8) is 0 Å². The number of likely N-dealkylation sites (tertiary alicyclic amines) is 1. The van der Waals surface area contributed by atoms with Crippen LogP contribution in [0.4, 0.5) is 10.5 Å². The molecule has 1 aliphatic heterocycles. The molecule has 3 N–H and O–H groups in total. The molecule has 6 rings (SSSR count). The lowest BCUT2D eigenvalue weighted by atomic mass is 10.1. The molecule has 3 aromatic carbocycles. The summed E-state index contributed by atoms with van der Waals surface area (Å²) in [6.45, 7) is 9.48. The molecule has 0 bridgehead atoms. The van der Waals surface area contributed by atoms with Crippen LogP contribution in [0, 0.1) is 5.92 Å². The quantitative estimate of drug-likeness (QED) is 0.0449. The van der Waals surface area contributed by atoms with Gasteiger partial charge in [-0.3, -0.25) is 19.3 Å². The summed E-state index contributed by atoms with van der Waals surface area (Å²) in [6.07, 6.45) is 5.94. The lowest BCUT2D eigenvalue weighted by Crippen LogP contribution is -2.56. The van der Waals surface area contributed by atoms with Crippen LogP contribution in [0.2, 0.25) is 0 Å². The van der Waals surface area contributed by atoms with Crippen LogP contribution in [-0.2, 0) is 33.9 Å². The van der Waals surface area contributed by atoms with Gasteiger partial charge < -0.3 is 29.6 Å². The average molecular weight is 898 g/mol. The number of unbranched alkanes of at least 4 members (excludes halogenated alkanes) is 5. The molecule has 2 unspecified atom stereocenters. The van der Waals surface area contributed by atoms with Crippen molar-refractivity contribution >= 4 is 50.5 Å². The Morgan fingerprint density at radius 1 is 0.922 bits per heavy atom. The zero-order valence-electron chi connectivity index (χ0n) is 37.2. The van der Waals surface area contributed by atoms with Crippen molar-refractivity contribution in [2.45, 2.75) is 107 Å². The van der Waals surface area contributed by atoms with Crippen molar-refractivity contribution in [2.24, 2.45) is 5.92 Å². The Hall–Kier alpha value is -6.16. The fourth-order valence-corrected chi connectivity index (χ4v) is 9.09. The first-order valence-corrected chi connectivity index (χ1v) is 23.2. The third kappa shape index (κ3) is 11.7. The SMILES string of the molecule is C=CC1CC1(NC(=O)[C@@H]1C[C@@H](Oc2cc(-c3ccccc3)nc3cc(OC)ccc23)CN1C(=O)OC(C)(C)C)C(=O)NS(=O)(=O)c1ccccc1NCCCCCCCCC(=O)OC. The highest BCUT2D eigenvalue weighted by molar-refractivity contribution is 7.90. The number of benzene rings is 3. The normalized spacial score (nSPS) is 19.3. The van der Waals surface area contributed by atoms with E-state index in [1.807, 2.05) is 42.5 Å². The lowest BCUT2D eigenvalue weighted by Gasteiger charge is -2.29. The molecular formula is C48H59N5O10S. The number of anilines is 1. The number of para-hydroxylation sites is 1. The summed E-state index contributed by atoms with van der Waals surface area (Å²) in [6, 6.07) is 22.0. The van der Waals surface area contributed by atoms with Crippen molar-refractivity contribution in [2.75, 3.05) is 32.6 Å². The highest BCUT2D eigenvalue weighted by atomic mass is 32.2. The minimum absolute atomic E-state index is 0.0209. The third-order valence-electron chi connectivity index (χ3n) is 11.3. The molecule has 1 aromatic heterocycles. The number of carbonyl (C=O) groups excluding carboxylic acids is 4. The van der Waals surface area contributed by atoms with Crippen molar-refractivity contribution in [3.05, 3.63) is 91.5 Å². The van der Waals surface area contributed by atoms with Gasteiger partial charge >= 0.3 is 12.1 Å². The molecule has 1 saturated carbocycles. The molecule has 4 atom stereocenters. The Morgan fingerprint density at radius 2 is 1.62 bits per heavy atom. The van der Waals surface area contributed by atoms with E-state index in [2.05, 4.69) is 26.7 Å². The van der Waals surface area contributed by atoms with Gasteiger partial charge in [-0.15, -0.1) is 6.58 Å². The first-order chi connectivity index (χ1) is 30.6. The number of fused-ring (bicyclic) bond motifs is 1. The number of sulfonamides is 1. The van der Waals surface area contributed by atoms with Crippen LogP contribution >= 0.6 is 0 Å². The van der Waals surface area contributed by atoms with Crippen molar-refractivity contribution < 1.29 is 46.5 Å². The van der Waals surface area contributed by atoms with Gasteiger partial charge in [0.15, 0.2) is 0 Å². The number of hydrogen-bond donors (Lipinski definition) is 3. The van der Waals surface area contributed by atoms with Gasteiger partial charge in [-0.2, -0.15) is 0 Å². The van der Waals surface area contributed by atoms with Gasteiger partial charge in [0.2, 0.25) is 5.91 Å². The molecule has 3 amide bonds. The molecule has 2 heterocycles. The van der Waals surface area contributed by atoms with Gasteiger partial charge in [0.1, 0.15) is 39.7 Å². The van der Waals surface area contributed by atoms with Crippen LogP contribution in [0.25, 0.3) is 22.2 Å². The topological polar surface area (TPSA) is 192 Å². The minimum atomic E-state index is -4.42. The highest BCUT2D eigenvalue weighted by Crippen LogP contribution is 2.45.